The van der Waals surface area contributed by atoms with Gasteiger partial charge in [-0.05, 0) is 51.1 Å². The minimum Gasteiger partial charge on any atom is -0.459 e. The van der Waals surface area contributed by atoms with E-state index >= 15 is 0 Å². The van der Waals surface area contributed by atoms with E-state index in [1.54, 1.807) is 0 Å². The summed E-state index contributed by atoms with van der Waals surface area (Å²) in [4.78, 5) is 0. The molecule has 1 aromatic heterocycles. The van der Waals surface area contributed by atoms with Crippen LogP contribution < -0.4 is 5.32 Å². The molecule has 21 heavy (non-hydrogen) atoms. The van der Waals surface area contributed by atoms with E-state index in [1.807, 2.05) is 6.07 Å². The summed E-state index contributed by atoms with van der Waals surface area (Å²) < 4.78 is 6.12. The van der Waals surface area contributed by atoms with E-state index < -0.39 is 0 Å². The molecule has 0 saturated carbocycles. The Morgan fingerprint density at radius 1 is 1.29 bits per heavy atom. The standard InChI is InChI=1S/C19H25NO/c1-3-16-17-11-7-8-12-18(17)21-19(16)14(2)20-13-15-9-5-4-6-10-15/h4-5,7-8,11-12,14-15,20H,3,6,9-10,13H2,1-2H3. The quantitative estimate of drug-likeness (QED) is 0.781. The van der Waals surface area contributed by atoms with Crippen LogP contribution in [0.1, 0.15) is 50.5 Å². The van der Waals surface area contributed by atoms with Gasteiger partial charge in [-0.3, -0.25) is 0 Å². The topological polar surface area (TPSA) is 25.2 Å². The number of fused-ring (bicyclic) bond motifs is 1. The average molecular weight is 283 g/mol. The van der Waals surface area contributed by atoms with Crippen molar-refractivity contribution >= 4 is 11.0 Å². The van der Waals surface area contributed by atoms with E-state index in [-0.39, 0.29) is 6.04 Å². The number of hydrogen-bond donors (Lipinski definition) is 1. The van der Waals surface area contributed by atoms with E-state index in [9.17, 15) is 0 Å². The van der Waals surface area contributed by atoms with Gasteiger partial charge in [-0.1, -0.05) is 37.3 Å². The highest BCUT2D eigenvalue weighted by molar-refractivity contribution is 5.82. The Kier molecular flexibility index (Phi) is 4.45. The zero-order valence-corrected chi connectivity index (χ0v) is 13.1. The zero-order chi connectivity index (χ0) is 14.7. The molecule has 2 unspecified atom stereocenters. The van der Waals surface area contributed by atoms with Gasteiger partial charge in [-0.25, -0.2) is 0 Å². The third-order valence-corrected chi connectivity index (χ3v) is 4.57. The van der Waals surface area contributed by atoms with Crippen molar-refractivity contribution in [3.8, 4) is 0 Å². The monoisotopic (exact) mass is 283 g/mol. The number of nitrogens with one attached hydrogen (secondary N) is 1. The van der Waals surface area contributed by atoms with Gasteiger partial charge in [0.15, 0.2) is 0 Å². The molecule has 0 radical (unpaired) electrons. The second-order valence-electron chi connectivity index (χ2n) is 6.07. The highest BCUT2D eigenvalue weighted by Gasteiger charge is 2.19. The second-order valence-corrected chi connectivity index (χ2v) is 6.07. The Morgan fingerprint density at radius 3 is 2.90 bits per heavy atom. The van der Waals surface area contributed by atoms with Crippen LogP contribution in [0, 0.1) is 5.92 Å². The van der Waals surface area contributed by atoms with Gasteiger partial charge in [0.1, 0.15) is 11.3 Å². The molecule has 0 bridgehead atoms. The summed E-state index contributed by atoms with van der Waals surface area (Å²) in [7, 11) is 0. The lowest BCUT2D eigenvalue weighted by Crippen LogP contribution is -2.26. The van der Waals surface area contributed by atoms with E-state index in [0.29, 0.717) is 0 Å². The number of aryl methyl sites for hydroxylation is 1. The van der Waals surface area contributed by atoms with Crippen LogP contribution in [0.25, 0.3) is 11.0 Å². The lowest BCUT2D eigenvalue weighted by Gasteiger charge is -2.21. The molecule has 0 amide bonds. The van der Waals surface area contributed by atoms with Gasteiger partial charge in [0.05, 0.1) is 6.04 Å². The largest absolute Gasteiger partial charge is 0.459 e. The molecule has 2 aromatic rings. The normalized spacial score (nSPS) is 20.0. The van der Waals surface area contributed by atoms with Crippen LogP contribution in [0.4, 0.5) is 0 Å². The number of benzene rings is 1. The van der Waals surface area contributed by atoms with Gasteiger partial charge >= 0.3 is 0 Å². The molecule has 1 aliphatic rings. The third kappa shape index (κ3) is 3.06. The van der Waals surface area contributed by atoms with E-state index in [1.165, 1.54) is 30.2 Å². The maximum atomic E-state index is 6.12. The molecule has 3 rings (SSSR count). The van der Waals surface area contributed by atoms with Crippen molar-refractivity contribution in [1.82, 2.24) is 5.32 Å². The summed E-state index contributed by atoms with van der Waals surface area (Å²) in [5.74, 6) is 1.89. The maximum absolute atomic E-state index is 6.12. The first-order valence-electron chi connectivity index (χ1n) is 8.18. The van der Waals surface area contributed by atoms with Crippen LogP contribution in [-0.4, -0.2) is 6.54 Å². The van der Waals surface area contributed by atoms with Crippen LogP contribution in [0.3, 0.4) is 0 Å². The Bertz CT molecular complexity index is 626. The summed E-state index contributed by atoms with van der Waals surface area (Å²) in [6.07, 6.45) is 9.38. The summed E-state index contributed by atoms with van der Waals surface area (Å²) in [6, 6.07) is 8.64. The fourth-order valence-corrected chi connectivity index (χ4v) is 3.31. The maximum Gasteiger partial charge on any atom is 0.134 e. The minimum atomic E-state index is 0.276. The lowest BCUT2D eigenvalue weighted by molar-refractivity contribution is 0.384. The number of hydrogen-bond acceptors (Lipinski definition) is 2. The first-order chi connectivity index (χ1) is 10.3. The summed E-state index contributed by atoms with van der Waals surface area (Å²) in [6.45, 7) is 5.50. The number of furan rings is 1. The van der Waals surface area contributed by atoms with E-state index in [4.69, 9.17) is 4.42 Å². The van der Waals surface area contributed by atoms with E-state index in [0.717, 1.165) is 30.2 Å². The number of rotatable bonds is 5. The van der Waals surface area contributed by atoms with Gasteiger partial charge in [-0.2, -0.15) is 0 Å². The fraction of sp³-hybridized carbons (Fsp3) is 0.474. The minimum absolute atomic E-state index is 0.276. The van der Waals surface area contributed by atoms with Gasteiger partial charge in [0, 0.05) is 10.9 Å². The van der Waals surface area contributed by atoms with Crippen LogP contribution in [0.2, 0.25) is 0 Å². The summed E-state index contributed by atoms with van der Waals surface area (Å²) in [5, 5.41) is 4.94. The molecule has 0 spiro atoms. The van der Waals surface area contributed by atoms with E-state index in [2.05, 4.69) is 49.5 Å². The highest BCUT2D eigenvalue weighted by Crippen LogP contribution is 2.30. The van der Waals surface area contributed by atoms with Gasteiger partial charge in [-0.15, -0.1) is 0 Å². The molecule has 1 N–H and O–H groups in total. The molecule has 1 heterocycles. The van der Waals surface area contributed by atoms with Crippen molar-refractivity contribution < 1.29 is 4.42 Å². The summed E-state index contributed by atoms with van der Waals surface area (Å²) >= 11 is 0. The first-order valence-corrected chi connectivity index (χ1v) is 8.18. The van der Waals surface area contributed by atoms with Crippen molar-refractivity contribution in [2.45, 2.75) is 45.6 Å². The SMILES string of the molecule is CCc1c(C(C)NCC2CC=CCC2)oc2ccccc12. The Hall–Kier alpha value is -1.54. The third-order valence-electron chi connectivity index (χ3n) is 4.57. The van der Waals surface area contributed by atoms with Crippen LogP contribution in [-0.2, 0) is 6.42 Å². The Balaban J connectivity index is 1.74. The molecular formula is C19H25NO. The second kappa shape index (κ2) is 6.48. The molecule has 0 saturated heterocycles. The summed E-state index contributed by atoms with van der Waals surface area (Å²) in [5.41, 5.74) is 2.37. The molecule has 1 aromatic carbocycles. The van der Waals surface area contributed by atoms with Crippen molar-refractivity contribution in [3.63, 3.8) is 0 Å². The number of para-hydroxylation sites is 1. The molecule has 112 valence electrons. The average Bonchev–Trinajstić information content (AvgIpc) is 2.92. The van der Waals surface area contributed by atoms with Crippen LogP contribution >= 0.6 is 0 Å². The van der Waals surface area contributed by atoms with Crippen molar-refractivity contribution in [2.75, 3.05) is 6.54 Å². The molecule has 2 heteroatoms. The molecule has 0 aliphatic heterocycles. The molecule has 1 aliphatic carbocycles. The smallest absolute Gasteiger partial charge is 0.134 e. The van der Waals surface area contributed by atoms with Crippen molar-refractivity contribution in [2.24, 2.45) is 5.92 Å². The van der Waals surface area contributed by atoms with Crippen LogP contribution in [0.15, 0.2) is 40.8 Å². The van der Waals surface area contributed by atoms with Crippen LogP contribution in [0.5, 0.6) is 0 Å². The van der Waals surface area contributed by atoms with Gasteiger partial charge in [0.25, 0.3) is 0 Å². The molecule has 2 atom stereocenters. The Labute approximate surface area is 127 Å². The first kappa shape index (κ1) is 14.4. The number of allylic oxidation sites excluding steroid dienone is 2. The molecule has 2 nitrogen and oxygen atoms in total. The predicted molar refractivity (Wildman–Crippen MR) is 88.5 cm³/mol. The zero-order valence-electron chi connectivity index (χ0n) is 13.1. The highest BCUT2D eigenvalue weighted by atomic mass is 16.3. The fourth-order valence-electron chi connectivity index (χ4n) is 3.31. The van der Waals surface area contributed by atoms with Crippen molar-refractivity contribution in [3.05, 3.63) is 47.7 Å². The molecule has 0 fully saturated rings. The Morgan fingerprint density at radius 2 is 2.14 bits per heavy atom. The van der Waals surface area contributed by atoms with Gasteiger partial charge < -0.3 is 9.73 Å². The lowest BCUT2D eigenvalue weighted by atomic mass is 9.94. The van der Waals surface area contributed by atoms with Gasteiger partial charge in [0.2, 0.25) is 0 Å². The molecular weight excluding hydrogens is 258 g/mol. The predicted octanol–water partition coefficient (Wildman–Crippen LogP) is 5.00. The van der Waals surface area contributed by atoms with Crippen molar-refractivity contribution in [1.29, 1.82) is 0 Å².